The third-order valence-electron chi connectivity index (χ3n) is 10.4. The Bertz CT molecular complexity index is 2560. The highest BCUT2D eigenvalue weighted by Crippen LogP contribution is 2.64. The first-order chi connectivity index (χ1) is 23.7. The quantitative estimate of drug-likeness (QED) is 0.199. The molecule has 1 unspecified atom stereocenters. The van der Waals surface area contributed by atoms with Gasteiger partial charge in [-0.05, 0) is 68.3 Å². The summed E-state index contributed by atoms with van der Waals surface area (Å²) >= 11 is 0. The summed E-state index contributed by atoms with van der Waals surface area (Å²) in [7, 11) is 0. The maximum Gasteiger partial charge on any atom is 0.160 e. The Morgan fingerprint density at radius 1 is 0.438 bits per heavy atom. The molecule has 0 radical (unpaired) electrons. The van der Waals surface area contributed by atoms with Gasteiger partial charge in [0.25, 0.3) is 0 Å². The van der Waals surface area contributed by atoms with Crippen LogP contribution in [0, 0.1) is 6.92 Å². The minimum atomic E-state index is -0.607. The van der Waals surface area contributed by atoms with Gasteiger partial charge in [0.05, 0.1) is 16.8 Å². The molecule has 224 valence electrons. The molecule has 0 saturated carbocycles. The fourth-order valence-electron chi connectivity index (χ4n) is 8.24. The highest BCUT2D eigenvalue weighted by molar-refractivity contribution is 6.04. The average Bonchev–Trinajstić information content (AvgIpc) is 3.62. The molecule has 1 heterocycles. The summed E-state index contributed by atoms with van der Waals surface area (Å²) < 4.78 is 0. The zero-order valence-electron chi connectivity index (χ0n) is 26.5. The second-order valence-corrected chi connectivity index (χ2v) is 13.0. The Hall–Kier alpha value is -6.12. The molecule has 0 bridgehead atoms. The highest BCUT2D eigenvalue weighted by atomic mass is 14.9. The minimum absolute atomic E-state index is 0.607. The molecule has 0 saturated heterocycles. The molecular weight excluding hydrogens is 581 g/mol. The van der Waals surface area contributed by atoms with E-state index in [2.05, 4.69) is 171 Å². The van der Waals surface area contributed by atoms with Gasteiger partial charge in [0.15, 0.2) is 5.82 Å². The van der Waals surface area contributed by atoms with E-state index in [9.17, 15) is 0 Å². The first kappa shape index (κ1) is 27.0. The van der Waals surface area contributed by atoms with Crippen molar-refractivity contribution in [2.45, 2.75) is 12.3 Å². The van der Waals surface area contributed by atoms with Crippen LogP contribution in [0.5, 0.6) is 0 Å². The summed E-state index contributed by atoms with van der Waals surface area (Å²) in [5.74, 6) is 0.741. The van der Waals surface area contributed by atoms with Crippen LogP contribution in [0.4, 0.5) is 0 Å². The van der Waals surface area contributed by atoms with Gasteiger partial charge in [0, 0.05) is 16.7 Å². The first-order valence-corrected chi connectivity index (χ1v) is 16.6. The van der Waals surface area contributed by atoms with Crippen LogP contribution in [0.15, 0.2) is 164 Å². The molecular formula is C46H30N2. The van der Waals surface area contributed by atoms with E-state index in [0.29, 0.717) is 0 Å². The lowest BCUT2D eigenvalue weighted by Crippen LogP contribution is -2.27. The van der Waals surface area contributed by atoms with Gasteiger partial charge in [-0.25, -0.2) is 9.97 Å². The van der Waals surface area contributed by atoms with E-state index in [0.717, 1.165) is 33.9 Å². The first-order valence-electron chi connectivity index (χ1n) is 16.6. The van der Waals surface area contributed by atoms with Crippen LogP contribution in [0.25, 0.3) is 66.8 Å². The topological polar surface area (TPSA) is 25.8 Å². The zero-order valence-corrected chi connectivity index (χ0v) is 26.5. The van der Waals surface area contributed by atoms with Gasteiger partial charge in [0.1, 0.15) is 0 Å². The number of nitrogens with zero attached hydrogens (tertiary/aromatic N) is 2. The third kappa shape index (κ3) is 3.69. The van der Waals surface area contributed by atoms with Crippen LogP contribution < -0.4 is 0 Å². The molecule has 2 nitrogen and oxygen atoms in total. The molecule has 1 atom stereocenters. The molecule has 1 spiro atoms. The van der Waals surface area contributed by atoms with Crippen molar-refractivity contribution < 1.29 is 0 Å². The fourth-order valence-corrected chi connectivity index (χ4v) is 8.24. The van der Waals surface area contributed by atoms with E-state index in [4.69, 9.17) is 9.97 Å². The number of rotatable bonds is 3. The smallest absolute Gasteiger partial charge is 0.160 e. The number of aryl methyl sites for hydroxylation is 1. The number of hydrogen-bond acceptors (Lipinski definition) is 2. The van der Waals surface area contributed by atoms with Gasteiger partial charge in [0.2, 0.25) is 0 Å². The zero-order chi connectivity index (χ0) is 31.8. The Morgan fingerprint density at radius 3 is 1.90 bits per heavy atom. The molecule has 8 aromatic rings. The molecule has 0 N–H and O–H groups in total. The normalized spacial score (nSPS) is 15.3. The van der Waals surface area contributed by atoms with Crippen molar-refractivity contribution in [3.8, 4) is 56.0 Å². The van der Waals surface area contributed by atoms with Gasteiger partial charge in [-0.2, -0.15) is 0 Å². The van der Waals surface area contributed by atoms with E-state index in [1.54, 1.807) is 0 Å². The van der Waals surface area contributed by atoms with E-state index >= 15 is 0 Å². The van der Waals surface area contributed by atoms with Gasteiger partial charge in [-0.15, -0.1) is 0 Å². The van der Waals surface area contributed by atoms with Crippen molar-refractivity contribution >= 4 is 10.8 Å². The lowest BCUT2D eigenvalue weighted by molar-refractivity contribution is 0.758. The molecule has 2 aliphatic carbocycles. The van der Waals surface area contributed by atoms with Crippen molar-refractivity contribution in [3.63, 3.8) is 0 Å². The van der Waals surface area contributed by atoms with Crippen molar-refractivity contribution in [2.24, 2.45) is 0 Å². The van der Waals surface area contributed by atoms with Crippen LogP contribution in [0.3, 0.4) is 0 Å². The third-order valence-corrected chi connectivity index (χ3v) is 10.4. The molecule has 48 heavy (non-hydrogen) atoms. The predicted molar refractivity (Wildman–Crippen MR) is 197 cm³/mol. The second kappa shape index (κ2) is 10.2. The molecule has 0 aliphatic heterocycles. The van der Waals surface area contributed by atoms with E-state index in [-0.39, 0.29) is 0 Å². The van der Waals surface area contributed by atoms with E-state index in [1.165, 1.54) is 60.8 Å². The number of fused-ring (bicyclic) bond motifs is 11. The lowest BCUT2D eigenvalue weighted by Gasteiger charge is -2.30. The maximum absolute atomic E-state index is 5.64. The highest BCUT2D eigenvalue weighted by Gasteiger charge is 2.54. The van der Waals surface area contributed by atoms with E-state index < -0.39 is 5.41 Å². The van der Waals surface area contributed by atoms with Gasteiger partial charge < -0.3 is 0 Å². The summed E-state index contributed by atoms with van der Waals surface area (Å²) in [6.45, 7) is 2.14. The average molecular weight is 611 g/mol. The predicted octanol–water partition coefficient (Wildman–Crippen LogP) is 11.3. The van der Waals surface area contributed by atoms with Crippen molar-refractivity contribution in [1.29, 1.82) is 0 Å². The summed E-state index contributed by atoms with van der Waals surface area (Å²) in [6.07, 6.45) is 0. The molecule has 10 rings (SSSR count). The maximum atomic E-state index is 5.64. The Balaban J connectivity index is 1.37. The summed E-state index contributed by atoms with van der Waals surface area (Å²) in [6, 6.07) is 59.4. The molecule has 7 aromatic carbocycles. The molecule has 0 fully saturated rings. The summed E-state index contributed by atoms with van der Waals surface area (Å²) in [5.41, 5.74) is 15.9. The van der Waals surface area contributed by atoms with Crippen LogP contribution in [-0.4, -0.2) is 9.97 Å². The van der Waals surface area contributed by atoms with Gasteiger partial charge >= 0.3 is 0 Å². The van der Waals surface area contributed by atoms with Crippen molar-refractivity contribution in [3.05, 3.63) is 192 Å². The molecule has 0 amide bonds. The van der Waals surface area contributed by atoms with Gasteiger partial charge in [-0.1, -0.05) is 163 Å². The summed E-state index contributed by atoms with van der Waals surface area (Å²) in [5, 5.41) is 2.39. The number of hydrogen-bond donors (Lipinski definition) is 0. The van der Waals surface area contributed by atoms with Crippen molar-refractivity contribution in [2.75, 3.05) is 0 Å². The van der Waals surface area contributed by atoms with Crippen LogP contribution in [-0.2, 0) is 5.41 Å². The lowest BCUT2D eigenvalue weighted by atomic mass is 9.72. The SMILES string of the molecule is Cc1ccc(-c2ccc3c(c2)C2(c4ccccc4-3)c3ccccc3-c3c(-c4cccc5ccccc45)nc(-c4ccccc4)nc32)cc1. The van der Waals surface area contributed by atoms with Crippen LogP contribution in [0.1, 0.15) is 27.9 Å². The molecule has 2 heteroatoms. The van der Waals surface area contributed by atoms with Crippen LogP contribution >= 0.6 is 0 Å². The van der Waals surface area contributed by atoms with Crippen LogP contribution in [0.2, 0.25) is 0 Å². The number of benzene rings is 7. The molecule has 1 aromatic heterocycles. The minimum Gasteiger partial charge on any atom is -0.231 e. The Kier molecular flexibility index (Phi) is 5.74. The fraction of sp³-hybridized carbons (Fsp3) is 0.0435. The Morgan fingerprint density at radius 2 is 1.06 bits per heavy atom. The monoisotopic (exact) mass is 610 g/mol. The standard InChI is InChI=1S/C46H30N2/c1-29-22-24-30(25-23-29)33-26-27-36-35-17-7-9-20-39(35)46(41(36)28-33)40-21-10-8-18-38(40)42-43(37-19-11-15-31-12-5-6-16-34(31)37)47-45(48-44(42)46)32-13-3-2-4-14-32/h2-28H,1H3. The van der Waals surface area contributed by atoms with Crippen molar-refractivity contribution in [1.82, 2.24) is 9.97 Å². The summed E-state index contributed by atoms with van der Waals surface area (Å²) in [4.78, 5) is 11.1. The largest absolute Gasteiger partial charge is 0.231 e. The van der Waals surface area contributed by atoms with E-state index in [1.807, 2.05) is 0 Å². The Labute approximate surface area is 280 Å². The molecule has 2 aliphatic rings. The number of aromatic nitrogens is 2. The van der Waals surface area contributed by atoms with Gasteiger partial charge in [-0.3, -0.25) is 0 Å². The second-order valence-electron chi connectivity index (χ2n) is 13.0.